The summed E-state index contributed by atoms with van der Waals surface area (Å²) < 4.78 is 2.87. The number of rotatable bonds is 6. The van der Waals surface area contributed by atoms with Gasteiger partial charge in [-0.15, -0.1) is 0 Å². The third-order valence-corrected chi connectivity index (χ3v) is 3.22. The Bertz CT molecular complexity index is 539. The predicted molar refractivity (Wildman–Crippen MR) is 79.3 cm³/mol. The van der Waals surface area contributed by atoms with E-state index in [0.29, 0.717) is 5.95 Å². The van der Waals surface area contributed by atoms with Crippen LogP contribution in [0.3, 0.4) is 0 Å². The van der Waals surface area contributed by atoms with Gasteiger partial charge in [0.1, 0.15) is 11.6 Å². The first kappa shape index (κ1) is 13.8. The molecule has 2 heterocycles. The van der Waals surface area contributed by atoms with Crippen LogP contribution in [0.25, 0.3) is 0 Å². The number of nitrogens with one attached hydrogen (secondary N) is 2. The average Bonchev–Trinajstić information content (AvgIpc) is 2.79. The maximum absolute atomic E-state index is 4.40. The molecule has 19 heavy (non-hydrogen) atoms. The Morgan fingerprint density at radius 1 is 1.32 bits per heavy atom. The van der Waals surface area contributed by atoms with Crippen LogP contribution in [0.4, 0.5) is 11.8 Å². The van der Waals surface area contributed by atoms with Crippen LogP contribution >= 0.6 is 15.9 Å². The number of aromatic nitrogens is 4. The van der Waals surface area contributed by atoms with E-state index in [-0.39, 0.29) is 0 Å². The molecule has 0 amide bonds. The minimum Gasteiger partial charge on any atom is -0.369 e. The van der Waals surface area contributed by atoms with E-state index >= 15 is 0 Å². The number of anilines is 2. The molecular weight excluding hydrogens is 308 g/mol. The smallest absolute Gasteiger partial charge is 0.224 e. The highest BCUT2D eigenvalue weighted by atomic mass is 79.9. The molecule has 0 unspecified atom stereocenters. The van der Waals surface area contributed by atoms with Crippen LogP contribution in [0.5, 0.6) is 0 Å². The van der Waals surface area contributed by atoms with Crippen molar-refractivity contribution in [2.24, 2.45) is 7.05 Å². The quantitative estimate of drug-likeness (QED) is 0.851. The van der Waals surface area contributed by atoms with Crippen molar-refractivity contribution in [2.45, 2.75) is 13.3 Å². The van der Waals surface area contributed by atoms with E-state index in [9.17, 15) is 0 Å². The Labute approximate surface area is 120 Å². The van der Waals surface area contributed by atoms with E-state index in [1.807, 2.05) is 24.7 Å². The van der Waals surface area contributed by atoms with Crippen LogP contribution in [0, 0.1) is 0 Å². The molecule has 0 bridgehead atoms. The molecule has 2 N–H and O–H groups in total. The fourth-order valence-corrected chi connectivity index (χ4v) is 2.00. The number of hydrogen-bond acceptors (Lipinski definition) is 5. The number of aryl methyl sites for hydroxylation is 1. The predicted octanol–water partition coefficient (Wildman–Crippen LogP) is 2.06. The second-order valence-corrected chi connectivity index (χ2v) is 4.91. The normalized spacial score (nSPS) is 10.5. The van der Waals surface area contributed by atoms with Crippen molar-refractivity contribution in [3.8, 4) is 0 Å². The lowest BCUT2D eigenvalue weighted by molar-refractivity contribution is 0.788. The molecule has 0 spiro atoms. The fraction of sp³-hybridized carbons (Fsp3) is 0.417. The Kier molecular flexibility index (Phi) is 4.73. The summed E-state index contributed by atoms with van der Waals surface area (Å²) in [7, 11) is 1.99. The molecular formula is C12H17BrN6. The number of halogens is 1. The molecule has 0 aliphatic carbocycles. The third-order valence-electron chi connectivity index (χ3n) is 2.64. The molecule has 7 heteroatoms. The van der Waals surface area contributed by atoms with Crippen molar-refractivity contribution in [3.63, 3.8) is 0 Å². The SMILES string of the molecule is CCNc1ncc(Br)c(NCCc2nccn2C)n1. The first-order valence-corrected chi connectivity index (χ1v) is 6.96. The van der Waals surface area contributed by atoms with Crippen LogP contribution in [-0.2, 0) is 13.5 Å². The van der Waals surface area contributed by atoms with Gasteiger partial charge in [0.05, 0.1) is 4.47 Å². The Morgan fingerprint density at radius 3 is 2.84 bits per heavy atom. The molecule has 0 aromatic carbocycles. The van der Waals surface area contributed by atoms with Crippen molar-refractivity contribution in [1.29, 1.82) is 0 Å². The van der Waals surface area contributed by atoms with Gasteiger partial charge in [-0.2, -0.15) is 4.98 Å². The van der Waals surface area contributed by atoms with Gasteiger partial charge in [0.15, 0.2) is 0 Å². The average molecular weight is 325 g/mol. The minimum absolute atomic E-state index is 0.630. The molecule has 6 nitrogen and oxygen atoms in total. The molecule has 2 rings (SSSR count). The Hall–Kier alpha value is -1.63. The van der Waals surface area contributed by atoms with Crippen molar-refractivity contribution in [2.75, 3.05) is 23.7 Å². The molecule has 0 aliphatic heterocycles. The molecule has 0 aliphatic rings. The van der Waals surface area contributed by atoms with Gasteiger partial charge in [-0.25, -0.2) is 9.97 Å². The van der Waals surface area contributed by atoms with E-state index < -0.39 is 0 Å². The summed E-state index contributed by atoms with van der Waals surface area (Å²) in [5.41, 5.74) is 0. The van der Waals surface area contributed by atoms with E-state index in [1.54, 1.807) is 12.4 Å². The highest BCUT2D eigenvalue weighted by Gasteiger charge is 2.05. The lowest BCUT2D eigenvalue weighted by Crippen LogP contribution is -2.11. The molecule has 0 saturated carbocycles. The van der Waals surface area contributed by atoms with Crippen molar-refractivity contribution in [3.05, 3.63) is 28.9 Å². The number of imidazole rings is 1. The van der Waals surface area contributed by atoms with E-state index in [1.165, 1.54) is 0 Å². The third kappa shape index (κ3) is 3.66. The lowest BCUT2D eigenvalue weighted by atomic mass is 10.4. The maximum Gasteiger partial charge on any atom is 0.224 e. The molecule has 2 aromatic rings. The van der Waals surface area contributed by atoms with E-state index in [4.69, 9.17) is 0 Å². The van der Waals surface area contributed by atoms with E-state index in [2.05, 4.69) is 41.5 Å². The summed E-state index contributed by atoms with van der Waals surface area (Å²) in [6.07, 6.45) is 6.34. The van der Waals surface area contributed by atoms with Crippen molar-refractivity contribution in [1.82, 2.24) is 19.5 Å². The lowest BCUT2D eigenvalue weighted by Gasteiger charge is -2.09. The standard InChI is InChI=1S/C12H17BrN6/c1-3-14-12-17-8-9(13)11(18-12)16-5-4-10-15-6-7-19(10)2/h6-8H,3-5H2,1-2H3,(H2,14,16,17,18). The van der Waals surface area contributed by atoms with Gasteiger partial charge in [-0.1, -0.05) is 0 Å². The molecule has 0 fully saturated rings. The van der Waals surface area contributed by atoms with Crippen LogP contribution < -0.4 is 10.6 Å². The van der Waals surface area contributed by atoms with Crippen LogP contribution in [0.2, 0.25) is 0 Å². The summed E-state index contributed by atoms with van der Waals surface area (Å²) in [5.74, 6) is 2.47. The van der Waals surface area contributed by atoms with E-state index in [0.717, 1.165) is 35.6 Å². The largest absolute Gasteiger partial charge is 0.369 e. The summed E-state index contributed by atoms with van der Waals surface area (Å²) in [6, 6.07) is 0. The zero-order valence-electron chi connectivity index (χ0n) is 11.0. The van der Waals surface area contributed by atoms with Gasteiger partial charge < -0.3 is 15.2 Å². The van der Waals surface area contributed by atoms with Gasteiger partial charge in [-0.05, 0) is 22.9 Å². The summed E-state index contributed by atoms with van der Waals surface area (Å²) in [4.78, 5) is 12.9. The van der Waals surface area contributed by atoms with Gasteiger partial charge in [0, 0.05) is 45.1 Å². The highest BCUT2D eigenvalue weighted by molar-refractivity contribution is 9.10. The van der Waals surface area contributed by atoms with Gasteiger partial charge in [-0.3, -0.25) is 0 Å². The monoisotopic (exact) mass is 324 g/mol. The zero-order valence-corrected chi connectivity index (χ0v) is 12.6. The molecule has 0 atom stereocenters. The minimum atomic E-state index is 0.630. The topological polar surface area (TPSA) is 67.7 Å². The molecule has 0 saturated heterocycles. The highest BCUT2D eigenvalue weighted by Crippen LogP contribution is 2.19. The second-order valence-electron chi connectivity index (χ2n) is 4.05. The fourth-order valence-electron chi connectivity index (χ4n) is 1.66. The second kappa shape index (κ2) is 6.51. The molecule has 2 aromatic heterocycles. The van der Waals surface area contributed by atoms with Gasteiger partial charge >= 0.3 is 0 Å². The first-order valence-electron chi connectivity index (χ1n) is 6.17. The summed E-state index contributed by atoms with van der Waals surface area (Å²) in [6.45, 7) is 3.58. The maximum atomic E-state index is 4.40. The van der Waals surface area contributed by atoms with Crippen molar-refractivity contribution < 1.29 is 0 Å². The van der Waals surface area contributed by atoms with Gasteiger partial charge in [0.25, 0.3) is 0 Å². The number of hydrogen-bond donors (Lipinski definition) is 2. The first-order chi connectivity index (χ1) is 9.20. The molecule has 102 valence electrons. The van der Waals surface area contributed by atoms with Crippen LogP contribution in [0.1, 0.15) is 12.7 Å². The van der Waals surface area contributed by atoms with Crippen molar-refractivity contribution >= 4 is 27.7 Å². The van der Waals surface area contributed by atoms with Crippen LogP contribution in [0.15, 0.2) is 23.1 Å². The summed E-state index contributed by atoms with van der Waals surface area (Å²) >= 11 is 3.44. The summed E-state index contributed by atoms with van der Waals surface area (Å²) in [5, 5.41) is 6.37. The molecule has 0 radical (unpaired) electrons. The van der Waals surface area contributed by atoms with Crippen LogP contribution in [-0.4, -0.2) is 32.6 Å². The Balaban J connectivity index is 1.95. The zero-order chi connectivity index (χ0) is 13.7. The number of nitrogens with zero attached hydrogens (tertiary/aromatic N) is 4. The Morgan fingerprint density at radius 2 is 2.16 bits per heavy atom. The van der Waals surface area contributed by atoms with Gasteiger partial charge in [0.2, 0.25) is 5.95 Å².